The smallest absolute Gasteiger partial charge is 0.308 e. The van der Waals surface area contributed by atoms with E-state index >= 15 is 0 Å². The molecule has 14 heavy (non-hydrogen) atoms. The first kappa shape index (κ1) is 11.0. The van der Waals surface area contributed by atoms with Gasteiger partial charge in [0.1, 0.15) is 0 Å². The second-order valence-corrected chi connectivity index (χ2v) is 3.79. The molecular formula is C10H17NO3. The van der Waals surface area contributed by atoms with Crippen LogP contribution in [0.4, 0.5) is 0 Å². The molecule has 4 nitrogen and oxygen atoms in total. The lowest BCUT2D eigenvalue weighted by atomic mass is 10.1. The summed E-state index contributed by atoms with van der Waals surface area (Å²) in [4.78, 5) is 23.7. The third-order valence-corrected chi connectivity index (χ3v) is 2.60. The Hall–Kier alpha value is -1.06. The van der Waals surface area contributed by atoms with E-state index in [4.69, 9.17) is 5.11 Å². The van der Waals surface area contributed by atoms with E-state index in [1.54, 1.807) is 4.90 Å². The van der Waals surface area contributed by atoms with E-state index in [0.717, 1.165) is 25.8 Å². The van der Waals surface area contributed by atoms with Gasteiger partial charge in [-0.1, -0.05) is 19.8 Å². The highest BCUT2D eigenvalue weighted by Gasteiger charge is 2.33. The Labute approximate surface area is 83.9 Å². The summed E-state index contributed by atoms with van der Waals surface area (Å²) in [5, 5.41) is 8.74. The fourth-order valence-electron chi connectivity index (χ4n) is 1.71. The number of likely N-dealkylation sites (tertiary alicyclic amines) is 1. The Kier molecular flexibility index (Phi) is 3.92. The molecule has 0 bridgehead atoms. The largest absolute Gasteiger partial charge is 0.481 e. The SMILES string of the molecule is CCCCCN1CC(C(=O)O)CC1=O. The number of nitrogens with zero attached hydrogens (tertiary/aromatic N) is 1. The maximum Gasteiger partial charge on any atom is 0.308 e. The van der Waals surface area contributed by atoms with Gasteiger partial charge >= 0.3 is 5.97 Å². The van der Waals surface area contributed by atoms with Gasteiger partial charge < -0.3 is 10.0 Å². The summed E-state index contributed by atoms with van der Waals surface area (Å²) >= 11 is 0. The number of hydrogen-bond acceptors (Lipinski definition) is 2. The minimum absolute atomic E-state index is 0.00602. The Bertz CT molecular complexity index is 227. The standard InChI is InChI=1S/C10H17NO3/c1-2-3-4-5-11-7-8(10(13)14)6-9(11)12/h8H,2-7H2,1H3,(H,13,14). The monoisotopic (exact) mass is 199 g/mol. The van der Waals surface area contributed by atoms with Crippen LogP contribution in [0.2, 0.25) is 0 Å². The molecule has 1 fully saturated rings. The lowest BCUT2D eigenvalue weighted by Crippen LogP contribution is -2.27. The Balaban J connectivity index is 2.33. The van der Waals surface area contributed by atoms with Crippen LogP contribution >= 0.6 is 0 Å². The first-order valence-corrected chi connectivity index (χ1v) is 5.15. The van der Waals surface area contributed by atoms with E-state index < -0.39 is 11.9 Å². The van der Waals surface area contributed by atoms with E-state index in [-0.39, 0.29) is 12.3 Å². The third-order valence-electron chi connectivity index (χ3n) is 2.60. The third kappa shape index (κ3) is 2.72. The average Bonchev–Trinajstić information content (AvgIpc) is 2.49. The molecule has 4 heteroatoms. The van der Waals surface area contributed by atoms with Crippen molar-refractivity contribution in [3.8, 4) is 0 Å². The lowest BCUT2D eigenvalue weighted by Gasteiger charge is -2.15. The zero-order valence-corrected chi connectivity index (χ0v) is 8.53. The van der Waals surface area contributed by atoms with E-state index in [1.807, 2.05) is 0 Å². The Morgan fingerprint density at radius 1 is 1.57 bits per heavy atom. The van der Waals surface area contributed by atoms with E-state index in [1.165, 1.54) is 0 Å². The summed E-state index contributed by atoms with van der Waals surface area (Å²) < 4.78 is 0. The highest BCUT2D eigenvalue weighted by molar-refractivity contribution is 5.86. The number of rotatable bonds is 5. The topological polar surface area (TPSA) is 57.6 Å². The van der Waals surface area contributed by atoms with Crippen LogP contribution in [0.15, 0.2) is 0 Å². The first-order chi connectivity index (χ1) is 6.65. The number of carboxylic acids is 1. The molecule has 0 aliphatic carbocycles. The van der Waals surface area contributed by atoms with Crippen molar-refractivity contribution in [3.63, 3.8) is 0 Å². The highest BCUT2D eigenvalue weighted by Crippen LogP contribution is 2.18. The summed E-state index contributed by atoms with van der Waals surface area (Å²) in [6.45, 7) is 3.22. The van der Waals surface area contributed by atoms with Crippen LogP contribution in [0.5, 0.6) is 0 Å². The van der Waals surface area contributed by atoms with Gasteiger partial charge in [-0.15, -0.1) is 0 Å². The van der Waals surface area contributed by atoms with Crippen LogP contribution in [0.25, 0.3) is 0 Å². The molecule has 0 aromatic carbocycles. The number of amides is 1. The van der Waals surface area contributed by atoms with Crippen LogP contribution in [0.3, 0.4) is 0 Å². The van der Waals surface area contributed by atoms with E-state index in [2.05, 4.69) is 6.92 Å². The number of carbonyl (C=O) groups is 2. The molecule has 1 amide bonds. The van der Waals surface area contributed by atoms with Crippen molar-refractivity contribution < 1.29 is 14.7 Å². The van der Waals surface area contributed by atoms with Crippen LogP contribution < -0.4 is 0 Å². The Morgan fingerprint density at radius 2 is 2.29 bits per heavy atom. The molecule has 0 aromatic heterocycles. The van der Waals surface area contributed by atoms with Crippen LogP contribution in [-0.2, 0) is 9.59 Å². The number of aliphatic carboxylic acids is 1. The van der Waals surface area contributed by atoms with Crippen molar-refractivity contribution in [1.82, 2.24) is 4.90 Å². The van der Waals surface area contributed by atoms with Crippen molar-refractivity contribution in [2.75, 3.05) is 13.1 Å². The van der Waals surface area contributed by atoms with Crippen molar-refractivity contribution >= 4 is 11.9 Å². The predicted octanol–water partition coefficient (Wildman–Crippen LogP) is 1.11. The molecule has 1 saturated heterocycles. The predicted molar refractivity (Wildman–Crippen MR) is 51.8 cm³/mol. The van der Waals surface area contributed by atoms with E-state index in [9.17, 15) is 9.59 Å². The number of unbranched alkanes of at least 4 members (excludes halogenated alkanes) is 2. The molecule has 0 spiro atoms. The fourth-order valence-corrected chi connectivity index (χ4v) is 1.71. The Morgan fingerprint density at radius 3 is 2.79 bits per heavy atom. The van der Waals surface area contributed by atoms with Crippen molar-refractivity contribution in [2.24, 2.45) is 5.92 Å². The summed E-state index contributed by atoms with van der Waals surface area (Å²) in [7, 11) is 0. The van der Waals surface area contributed by atoms with Crippen LogP contribution in [0.1, 0.15) is 32.6 Å². The zero-order valence-electron chi connectivity index (χ0n) is 8.53. The zero-order chi connectivity index (χ0) is 10.6. The second kappa shape index (κ2) is 4.98. The minimum atomic E-state index is -0.851. The quantitative estimate of drug-likeness (QED) is 0.675. The first-order valence-electron chi connectivity index (χ1n) is 5.15. The van der Waals surface area contributed by atoms with Gasteiger partial charge in [0.25, 0.3) is 0 Å². The number of carbonyl (C=O) groups excluding carboxylic acids is 1. The number of hydrogen-bond donors (Lipinski definition) is 1. The van der Waals surface area contributed by atoms with E-state index in [0.29, 0.717) is 6.54 Å². The highest BCUT2D eigenvalue weighted by atomic mass is 16.4. The van der Waals surface area contributed by atoms with Gasteiger partial charge in [0, 0.05) is 19.5 Å². The van der Waals surface area contributed by atoms with Gasteiger partial charge in [0.2, 0.25) is 5.91 Å². The minimum Gasteiger partial charge on any atom is -0.481 e. The molecular weight excluding hydrogens is 182 g/mol. The van der Waals surface area contributed by atoms with Gasteiger partial charge in [0.05, 0.1) is 5.92 Å². The second-order valence-electron chi connectivity index (χ2n) is 3.79. The van der Waals surface area contributed by atoms with Crippen molar-refractivity contribution in [1.29, 1.82) is 0 Å². The van der Waals surface area contributed by atoms with Crippen molar-refractivity contribution in [2.45, 2.75) is 32.6 Å². The van der Waals surface area contributed by atoms with Gasteiger partial charge in [-0.25, -0.2) is 0 Å². The van der Waals surface area contributed by atoms with Gasteiger partial charge in [-0.2, -0.15) is 0 Å². The number of carboxylic acid groups (broad SMARTS) is 1. The molecule has 1 rings (SSSR count). The maximum absolute atomic E-state index is 11.3. The fraction of sp³-hybridized carbons (Fsp3) is 0.800. The molecule has 1 atom stereocenters. The lowest BCUT2D eigenvalue weighted by molar-refractivity contribution is -0.141. The molecule has 0 radical (unpaired) electrons. The molecule has 0 saturated carbocycles. The normalized spacial score (nSPS) is 21.6. The van der Waals surface area contributed by atoms with Gasteiger partial charge in [-0.3, -0.25) is 9.59 Å². The van der Waals surface area contributed by atoms with Gasteiger partial charge in [-0.05, 0) is 6.42 Å². The molecule has 1 unspecified atom stereocenters. The van der Waals surface area contributed by atoms with Gasteiger partial charge in [0.15, 0.2) is 0 Å². The molecule has 1 aliphatic heterocycles. The molecule has 1 N–H and O–H groups in total. The summed E-state index contributed by atoms with van der Waals surface area (Å²) in [6.07, 6.45) is 3.38. The average molecular weight is 199 g/mol. The summed E-state index contributed by atoms with van der Waals surface area (Å²) in [5.74, 6) is -1.34. The summed E-state index contributed by atoms with van der Waals surface area (Å²) in [5.41, 5.74) is 0. The molecule has 0 aromatic rings. The molecule has 1 aliphatic rings. The molecule has 1 heterocycles. The molecule has 80 valence electrons. The summed E-state index contributed by atoms with van der Waals surface area (Å²) in [6, 6.07) is 0. The maximum atomic E-state index is 11.3. The van der Waals surface area contributed by atoms with Crippen LogP contribution in [-0.4, -0.2) is 35.0 Å². The van der Waals surface area contributed by atoms with Crippen LogP contribution in [0, 0.1) is 5.92 Å². The van der Waals surface area contributed by atoms with Crippen molar-refractivity contribution in [3.05, 3.63) is 0 Å².